The number of carboxylic acids is 1. The minimum absolute atomic E-state index is 0.206. The second kappa shape index (κ2) is 9.55. The Labute approximate surface area is 140 Å². The van der Waals surface area contributed by atoms with E-state index in [0.29, 0.717) is 25.4 Å². The summed E-state index contributed by atoms with van der Waals surface area (Å²) in [6.45, 7) is 0.866. The van der Waals surface area contributed by atoms with Crippen LogP contribution in [0.5, 0.6) is 11.5 Å². The smallest absolute Gasteiger partial charge is 0.303 e. The molecule has 2 aromatic rings. The van der Waals surface area contributed by atoms with Crippen molar-refractivity contribution in [3.63, 3.8) is 0 Å². The van der Waals surface area contributed by atoms with Gasteiger partial charge in [-0.1, -0.05) is 12.1 Å². The van der Waals surface area contributed by atoms with Gasteiger partial charge in [0.05, 0.1) is 6.61 Å². The number of hydrogen-bond acceptors (Lipinski definition) is 3. The van der Waals surface area contributed by atoms with E-state index in [9.17, 15) is 9.18 Å². The van der Waals surface area contributed by atoms with Crippen LogP contribution in [0.4, 0.5) is 4.39 Å². The first kappa shape index (κ1) is 17.8. The zero-order valence-corrected chi connectivity index (χ0v) is 13.4. The van der Waals surface area contributed by atoms with Gasteiger partial charge in [0.25, 0.3) is 0 Å². The number of ether oxygens (including phenoxy) is 2. The summed E-state index contributed by atoms with van der Waals surface area (Å²) >= 11 is 0. The summed E-state index contributed by atoms with van der Waals surface area (Å²) in [7, 11) is 0. The Bertz CT molecular complexity index is 640. The molecule has 0 saturated carbocycles. The van der Waals surface area contributed by atoms with E-state index in [0.717, 1.165) is 24.2 Å². The van der Waals surface area contributed by atoms with Gasteiger partial charge in [0, 0.05) is 6.42 Å². The van der Waals surface area contributed by atoms with E-state index >= 15 is 0 Å². The highest BCUT2D eigenvalue weighted by Crippen LogP contribution is 2.19. The summed E-state index contributed by atoms with van der Waals surface area (Å²) in [5.41, 5.74) is 0.775. The molecule has 0 aliphatic heterocycles. The Kier molecular flexibility index (Phi) is 7.08. The second-order valence-electron chi connectivity index (χ2n) is 5.44. The molecule has 0 bridgehead atoms. The van der Waals surface area contributed by atoms with Crippen molar-refractivity contribution in [3.8, 4) is 11.5 Å². The molecule has 0 aliphatic carbocycles. The molecule has 128 valence electrons. The molecule has 0 fully saturated rings. The molecule has 1 N–H and O–H groups in total. The summed E-state index contributed by atoms with van der Waals surface area (Å²) in [4.78, 5) is 10.4. The van der Waals surface area contributed by atoms with Crippen LogP contribution >= 0.6 is 0 Å². The number of rotatable bonds is 10. The highest BCUT2D eigenvalue weighted by atomic mass is 19.1. The summed E-state index contributed by atoms with van der Waals surface area (Å²) in [5, 5.41) is 8.54. The molecule has 0 aliphatic rings. The van der Waals surface area contributed by atoms with Gasteiger partial charge in [-0.2, -0.15) is 0 Å². The maximum Gasteiger partial charge on any atom is 0.303 e. The van der Waals surface area contributed by atoms with Gasteiger partial charge in [0.2, 0.25) is 0 Å². The lowest BCUT2D eigenvalue weighted by Gasteiger charge is -2.09. The number of hydrogen-bond donors (Lipinski definition) is 1. The van der Waals surface area contributed by atoms with Crippen molar-refractivity contribution in [2.24, 2.45) is 0 Å². The molecule has 0 spiro atoms. The Morgan fingerprint density at radius 1 is 0.958 bits per heavy atom. The number of halogens is 1. The maximum atomic E-state index is 13.1. The van der Waals surface area contributed by atoms with Gasteiger partial charge >= 0.3 is 5.97 Å². The van der Waals surface area contributed by atoms with Crippen molar-refractivity contribution in [2.45, 2.75) is 32.3 Å². The normalized spacial score (nSPS) is 10.4. The predicted octanol–water partition coefficient (Wildman–Crippen LogP) is 4.43. The molecular weight excluding hydrogens is 311 g/mol. The number of benzene rings is 2. The molecule has 2 rings (SSSR count). The standard InChI is InChI=1S/C19H21FO4/c20-16-6-4-5-15(13-16)14-24-18-10-8-17(9-11-18)23-12-3-1-2-7-19(21)22/h4-6,8-11,13H,1-3,7,12,14H2,(H,21,22). The van der Waals surface area contributed by atoms with Gasteiger partial charge in [-0.3, -0.25) is 4.79 Å². The summed E-state index contributed by atoms with van der Waals surface area (Å²) in [6.07, 6.45) is 2.54. The van der Waals surface area contributed by atoms with E-state index in [-0.39, 0.29) is 12.2 Å². The highest BCUT2D eigenvalue weighted by Gasteiger charge is 2.00. The van der Waals surface area contributed by atoms with Crippen molar-refractivity contribution in [3.05, 3.63) is 59.9 Å². The van der Waals surface area contributed by atoms with Crippen LogP contribution in [0.2, 0.25) is 0 Å². The van der Waals surface area contributed by atoms with Crippen LogP contribution in [0.3, 0.4) is 0 Å². The van der Waals surface area contributed by atoms with Crippen LogP contribution in [0.25, 0.3) is 0 Å². The number of aliphatic carboxylic acids is 1. The van der Waals surface area contributed by atoms with Gasteiger partial charge in [0.15, 0.2) is 0 Å². The van der Waals surface area contributed by atoms with Crippen LogP contribution in [0, 0.1) is 5.82 Å². The van der Waals surface area contributed by atoms with Crippen molar-refractivity contribution < 1.29 is 23.8 Å². The van der Waals surface area contributed by atoms with Crippen LogP contribution in [-0.4, -0.2) is 17.7 Å². The predicted molar refractivity (Wildman–Crippen MR) is 88.8 cm³/mol. The molecule has 5 heteroatoms. The molecule has 24 heavy (non-hydrogen) atoms. The first-order valence-corrected chi connectivity index (χ1v) is 7.95. The maximum absolute atomic E-state index is 13.1. The van der Waals surface area contributed by atoms with Crippen LogP contribution in [0.1, 0.15) is 31.2 Å². The molecule has 0 saturated heterocycles. The van der Waals surface area contributed by atoms with Crippen LogP contribution in [0.15, 0.2) is 48.5 Å². The average molecular weight is 332 g/mol. The molecule has 0 radical (unpaired) electrons. The Hall–Kier alpha value is -2.56. The van der Waals surface area contributed by atoms with Crippen molar-refractivity contribution in [1.29, 1.82) is 0 Å². The lowest BCUT2D eigenvalue weighted by molar-refractivity contribution is -0.137. The quantitative estimate of drug-likeness (QED) is 0.654. The first-order valence-electron chi connectivity index (χ1n) is 7.95. The third kappa shape index (κ3) is 6.69. The van der Waals surface area contributed by atoms with Gasteiger partial charge in [-0.15, -0.1) is 0 Å². The highest BCUT2D eigenvalue weighted by molar-refractivity contribution is 5.66. The van der Waals surface area contributed by atoms with Gasteiger partial charge in [-0.05, 0) is 61.2 Å². The lowest BCUT2D eigenvalue weighted by Crippen LogP contribution is -1.99. The van der Waals surface area contributed by atoms with E-state index < -0.39 is 5.97 Å². The molecule has 4 nitrogen and oxygen atoms in total. The number of unbranched alkanes of at least 4 members (excludes halogenated alkanes) is 2. The molecule has 0 aromatic heterocycles. The monoisotopic (exact) mass is 332 g/mol. The van der Waals surface area contributed by atoms with Crippen LogP contribution < -0.4 is 9.47 Å². The largest absolute Gasteiger partial charge is 0.494 e. The third-order valence-electron chi connectivity index (χ3n) is 3.42. The zero-order chi connectivity index (χ0) is 17.2. The van der Waals surface area contributed by atoms with E-state index in [1.165, 1.54) is 12.1 Å². The Morgan fingerprint density at radius 3 is 2.33 bits per heavy atom. The molecule has 0 atom stereocenters. The third-order valence-corrected chi connectivity index (χ3v) is 3.42. The second-order valence-corrected chi connectivity index (χ2v) is 5.44. The number of carbonyl (C=O) groups is 1. The van der Waals surface area contributed by atoms with Crippen molar-refractivity contribution >= 4 is 5.97 Å². The van der Waals surface area contributed by atoms with E-state index in [2.05, 4.69) is 0 Å². The minimum atomic E-state index is -0.759. The van der Waals surface area contributed by atoms with E-state index in [1.807, 2.05) is 18.2 Å². The fraction of sp³-hybridized carbons (Fsp3) is 0.316. The zero-order valence-electron chi connectivity index (χ0n) is 13.4. The summed E-state index contributed by atoms with van der Waals surface area (Å²) < 4.78 is 24.3. The average Bonchev–Trinajstić information content (AvgIpc) is 2.57. The molecule has 0 heterocycles. The van der Waals surface area contributed by atoms with Crippen molar-refractivity contribution in [2.75, 3.05) is 6.61 Å². The molecule has 0 unspecified atom stereocenters. The van der Waals surface area contributed by atoms with Gasteiger partial charge in [0.1, 0.15) is 23.9 Å². The van der Waals surface area contributed by atoms with Gasteiger partial charge < -0.3 is 14.6 Å². The topological polar surface area (TPSA) is 55.8 Å². The summed E-state index contributed by atoms with van der Waals surface area (Å²) in [6, 6.07) is 13.6. The summed E-state index contributed by atoms with van der Waals surface area (Å²) in [5.74, 6) is 0.396. The molecule has 0 amide bonds. The Morgan fingerprint density at radius 2 is 1.67 bits per heavy atom. The minimum Gasteiger partial charge on any atom is -0.494 e. The SMILES string of the molecule is O=C(O)CCCCCOc1ccc(OCc2cccc(F)c2)cc1. The number of carboxylic acid groups (broad SMARTS) is 1. The van der Waals surface area contributed by atoms with Crippen molar-refractivity contribution in [1.82, 2.24) is 0 Å². The Balaban J connectivity index is 1.68. The first-order chi connectivity index (χ1) is 11.6. The van der Waals surface area contributed by atoms with E-state index in [1.54, 1.807) is 18.2 Å². The fourth-order valence-corrected chi connectivity index (χ4v) is 2.17. The van der Waals surface area contributed by atoms with Gasteiger partial charge in [-0.25, -0.2) is 4.39 Å². The lowest BCUT2D eigenvalue weighted by atomic mass is 10.2. The molecule has 2 aromatic carbocycles. The van der Waals surface area contributed by atoms with Crippen LogP contribution in [-0.2, 0) is 11.4 Å². The molecular formula is C19H21FO4. The van der Waals surface area contributed by atoms with E-state index in [4.69, 9.17) is 14.6 Å². The fourth-order valence-electron chi connectivity index (χ4n) is 2.17.